The van der Waals surface area contributed by atoms with E-state index in [1.807, 2.05) is 11.9 Å². The van der Waals surface area contributed by atoms with Crippen LogP contribution in [-0.2, 0) is 16.1 Å². The maximum absolute atomic E-state index is 13.7. The Morgan fingerprint density at radius 3 is 2.68 bits per heavy atom. The number of ether oxygens (including phenoxy) is 2. The third-order valence-electron chi connectivity index (χ3n) is 2.85. The molecule has 0 fully saturated rings. The molecule has 4 nitrogen and oxygen atoms in total. The highest BCUT2D eigenvalue weighted by atomic mass is 19.1. The van der Waals surface area contributed by atoms with Gasteiger partial charge in [-0.3, -0.25) is 4.79 Å². The highest BCUT2D eigenvalue weighted by molar-refractivity contribution is 5.69. The number of rotatable bonds is 7. The maximum Gasteiger partial charge on any atom is 0.305 e. The average Bonchev–Trinajstić information content (AvgIpc) is 2.40. The van der Waals surface area contributed by atoms with Crippen LogP contribution in [0.3, 0.4) is 0 Å². The number of nitrogens with zero attached hydrogens (tertiary/aromatic N) is 1. The first kappa shape index (κ1) is 15.4. The van der Waals surface area contributed by atoms with Gasteiger partial charge in [-0.1, -0.05) is 6.07 Å². The molecule has 106 valence electrons. The Hall–Kier alpha value is -1.62. The predicted molar refractivity (Wildman–Crippen MR) is 70.5 cm³/mol. The fraction of sp³-hybridized carbons (Fsp3) is 0.500. The van der Waals surface area contributed by atoms with Crippen LogP contribution in [0.15, 0.2) is 18.2 Å². The molecule has 1 aromatic rings. The molecule has 0 aliphatic heterocycles. The van der Waals surface area contributed by atoms with Crippen molar-refractivity contribution < 1.29 is 18.7 Å². The average molecular weight is 269 g/mol. The number of halogens is 1. The van der Waals surface area contributed by atoms with Crippen LogP contribution in [0, 0.1) is 5.82 Å². The van der Waals surface area contributed by atoms with E-state index in [1.54, 1.807) is 12.1 Å². The van der Waals surface area contributed by atoms with E-state index in [0.717, 1.165) is 0 Å². The van der Waals surface area contributed by atoms with Crippen molar-refractivity contribution in [3.05, 3.63) is 29.6 Å². The van der Waals surface area contributed by atoms with Gasteiger partial charge >= 0.3 is 5.97 Å². The minimum Gasteiger partial charge on any atom is -0.497 e. The zero-order valence-electron chi connectivity index (χ0n) is 11.6. The molecule has 0 radical (unpaired) electrons. The van der Waals surface area contributed by atoms with E-state index >= 15 is 0 Å². The standard InChI is InChI=1S/C14H20FNO3/c1-16(8-4-5-14(17)19-3)10-11-6-7-12(18-2)9-13(11)15/h6-7,9H,4-5,8,10H2,1-3H3. The molecule has 0 spiro atoms. The van der Waals surface area contributed by atoms with Gasteiger partial charge in [0.25, 0.3) is 0 Å². The summed E-state index contributed by atoms with van der Waals surface area (Å²) in [5, 5.41) is 0. The summed E-state index contributed by atoms with van der Waals surface area (Å²) in [6, 6.07) is 4.82. The van der Waals surface area contributed by atoms with Gasteiger partial charge in [-0.05, 0) is 26.1 Å². The number of carbonyl (C=O) groups excluding carboxylic acids is 1. The molecule has 0 aliphatic rings. The Kier molecular flexibility index (Phi) is 6.29. The highest BCUT2D eigenvalue weighted by Crippen LogP contribution is 2.17. The third-order valence-corrected chi connectivity index (χ3v) is 2.85. The van der Waals surface area contributed by atoms with E-state index in [-0.39, 0.29) is 11.8 Å². The third kappa shape index (κ3) is 5.26. The molecule has 1 rings (SSSR count). The lowest BCUT2D eigenvalue weighted by molar-refractivity contribution is -0.140. The molecular weight excluding hydrogens is 249 g/mol. The number of hydrogen-bond acceptors (Lipinski definition) is 4. The van der Waals surface area contributed by atoms with Crippen LogP contribution in [-0.4, -0.2) is 38.7 Å². The van der Waals surface area contributed by atoms with Crippen molar-refractivity contribution in [1.82, 2.24) is 4.90 Å². The number of esters is 1. The first-order chi connectivity index (χ1) is 9.06. The van der Waals surface area contributed by atoms with Gasteiger partial charge in [0.1, 0.15) is 11.6 Å². The van der Waals surface area contributed by atoms with Gasteiger partial charge in [0.05, 0.1) is 14.2 Å². The van der Waals surface area contributed by atoms with Crippen molar-refractivity contribution >= 4 is 5.97 Å². The number of methoxy groups -OCH3 is 2. The Morgan fingerprint density at radius 2 is 2.11 bits per heavy atom. The molecule has 0 atom stereocenters. The predicted octanol–water partition coefficient (Wildman–Crippen LogP) is 2.22. The lowest BCUT2D eigenvalue weighted by atomic mass is 10.2. The highest BCUT2D eigenvalue weighted by Gasteiger charge is 2.08. The van der Waals surface area contributed by atoms with Crippen LogP contribution in [0.25, 0.3) is 0 Å². The second-order valence-electron chi connectivity index (χ2n) is 4.37. The van der Waals surface area contributed by atoms with E-state index < -0.39 is 0 Å². The number of benzene rings is 1. The summed E-state index contributed by atoms with van der Waals surface area (Å²) in [6.45, 7) is 1.21. The Bertz CT molecular complexity index is 423. The number of carbonyl (C=O) groups is 1. The molecule has 1 aromatic carbocycles. The van der Waals surface area contributed by atoms with Crippen molar-refractivity contribution in [3.8, 4) is 5.75 Å². The molecule has 0 aromatic heterocycles. The van der Waals surface area contributed by atoms with Crippen molar-refractivity contribution in [2.75, 3.05) is 27.8 Å². The molecule has 0 saturated carbocycles. The smallest absolute Gasteiger partial charge is 0.305 e. The molecule has 0 heterocycles. The van der Waals surface area contributed by atoms with Crippen molar-refractivity contribution in [2.24, 2.45) is 0 Å². The molecule has 0 N–H and O–H groups in total. The van der Waals surface area contributed by atoms with Gasteiger partial charge in [-0.25, -0.2) is 4.39 Å². The molecule has 5 heteroatoms. The van der Waals surface area contributed by atoms with E-state index in [4.69, 9.17) is 4.74 Å². The minimum absolute atomic E-state index is 0.218. The summed E-state index contributed by atoms with van der Waals surface area (Å²) in [4.78, 5) is 12.9. The number of hydrogen-bond donors (Lipinski definition) is 0. The molecule has 0 unspecified atom stereocenters. The van der Waals surface area contributed by atoms with Crippen LogP contribution in [0.5, 0.6) is 5.75 Å². The van der Waals surface area contributed by atoms with Gasteiger partial charge in [-0.15, -0.1) is 0 Å². The van der Waals surface area contributed by atoms with Crippen LogP contribution < -0.4 is 4.74 Å². The van der Waals surface area contributed by atoms with Gasteiger partial charge in [-0.2, -0.15) is 0 Å². The summed E-state index contributed by atoms with van der Waals surface area (Å²) in [5.41, 5.74) is 0.612. The summed E-state index contributed by atoms with van der Waals surface area (Å²) >= 11 is 0. The quantitative estimate of drug-likeness (QED) is 0.711. The van der Waals surface area contributed by atoms with E-state index in [9.17, 15) is 9.18 Å². The zero-order valence-corrected chi connectivity index (χ0v) is 11.6. The van der Waals surface area contributed by atoms with Crippen molar-refractivity contribution in [2.45, 2.75) is 19.4 Å². The largest absolute Gasteiger partial charge is 0.497 e. The Morgan fingerprint density at radius 1 is 1.37 bits per heavy atom. The fourth-order valence-corrected chi connectivity index (χ4v) is 1.75. The van der Waals surface area contributed by atoms with Gasteiger partial charge in [0, 0.05) is 24.6 Å². The SMILES string of the molecule is COC(=O)CCCN(C)Cc1ccc(OC)cc1F. The summed E-state index contributed by atoms with van der Waals surface area (Å²) < 4.78 is 23.2. The normalized spacial score (nSPS) is 10.6. The maximum atomic E-state index is 13.7. The molecule has 0 amide bonds. The van der Waals surface area contributed by atoms with E-state index in [1.165, 1.54) is 20.3 Å². The first-order valence-corrected chi connectivity index (χ1v) is 6.14. The molecule has 19 heavy (non-hydrogen) atoms. The molecule has 0 aliphatic carbocycles. The van der Waals surface area contributed by atoms with Crippen molar-refractivity contribution in [3.63, 3.8) is 0 Å². The topological polar surface area (TPSA) is 38.8 Å². The Balaban J connectivity index is 2.43. The first-order valence-electron chi connectivity index (χ1n) is 6.14. The molecular formula is C14H20FNO3. The summed E-state index contributed by atoms with van der Waals surface area (Å²) in [6.07, 6.45) is 1.08. The second kappa shape index (κ2) is 7.74. The zero-order chi connectivity index (χ0) is 14.3. The monoisotopic (exact) mass is 269 g/mol. The lowest BCUT2D eigenvalue weighted by Crippen LogP contribution is -2.20. The lowest BCUT2D eigenvalue weighted by Gasteiger charge is -2.17. The van der Waals surface area contributed by atoms with Crippen LogP contribution >= 0.6 is 0 Å². The molecule has 0 saturated heterocycles. The summed E-state index contributed by atoms with van der Waals surface area (Å²) in [5.74, 6) is 0.0118. The van der Waals surface area contributed by atoms with Gasteiger partial charge in [0.15, 0.2) is 0 Å². The van der Waals surface area contributed by atoms with Gasteiger partial charge < -0.3 is 14.4 Å². The minimum atomic E-state index is -0.279. The fourth-order valence-electron chi connectivity index (χ4n) is 1.75. The van der Waals surface area contributed by atoms with E-state index in [0.29, 0.717) is 37.2 Å². The van der Waals surface area contributed by atoms with Crippen molar-refractivity contribution in [1.29, 1.82) is 0 Å². The molecule has 0 bridgehead atoms. The van der Waals surface area contributed by atoms with E-state index in [2.05, 4.69) is 4.74 Å². The van der Waals surface area contributed by atoms with Crippen LogP contribution in [0.1, 0.15) is 18.4 Å². The van der Waals surface area contributed by atoms with Crippen LogP contribution in [0.4, 0.5) is 4.39 Å². The Labute approximate surface area is 113 Å². The summed E-state index contributed by atoms with van der Waals surface area (Å²) in [7, 11) is 4.77. The van der Waals surface area contributed by atoms with Crippen LogP contribution in [0.2, 0.25) is 0 Å². The van der Waals surface area contributed by atoms with Gasteiger partial charge in [0.2, 0.25) is 0 Å². The second-order valence-corrected chi connectivity index (χ2v) is 4.37.